The van der Waals surface area contributed by atoms with Gasteiger partial charge in [0.25, 0.3) is 7.82 Å². The fraction of sp³-hybridized carbons (Fsp3) is 0.864. The van der Waals surface area contributed by atoms with Gasteiger partial charge < -0.3 is 27.9 Å². The third-order valence-electron chi connectivity index (χ3n) is 19.6. The number of carbonyl (C=O) groups is 2. The quantitative estimate of drug-likeness (QED) is 0.0195. The number of hydrogen-bond acceptors (Lipinski definition) is 8. The van der Waals surface area contributed by atoms with Crippen LogP contribution in [0.3, 0.4) is 0 Å². The monoisotopic (exact) mass is 1400 g/mol. The van der Waals surface area contributed by atoms with Crippen molar-refractivity contribution in [1.29, 1.82) is 0 Å². The Bertz CT molecular complexity index is 1840. The minimum absolute atomic E-state index is 0.0274. The Hall–Kier alpha value is -2.29. The van der Waals surface area contributed by atoms with E-state index in [0.29, 0.717) is 17.4 Å². The van der Waals surface area contributed by atoms with Gasteiger partial charge in [-0.3, -0.25) is 14.2 Å². The smallest absolute Gasteiger partial charge is 0.306 e. The second-order valence-corrected chi connectivity index (χ2v) is 31.9. The molecule has 0 amide bonds. The Kier molecular flexibility index (Phi) is 77.0. The van der Waals surface area contributed by atoms with Gasteiger partial charge in [-0.25, -0.2) is 0 Å². The fourth-order valence-corrected chi connectivity index (χ4v) is 13.8. The Balaban J connectivity index is 3.86. The summed E-state index contributed by atoms with van der Waals surface area (Å²) in [5.74, 6) is -0.805. The van der Waals surface area contributed by atoms with E-state index in [1.807, 2.05) is 21.1 Å². The summed E-state index contributed by atoms with van der Waals surface area (Å²) < 4.78 is 34.5. The number of rotatable bonds is 81. The highest BCUT2D eigenvalue weighted by molar-refractivity contribution is 7.45. The number of unbranched alkanes of at least 4 members (excludes halogenated alkanes) is 57. The first-order valence-electron chi connectivity index (χ1n) is 43.0. The minimum Gasteiger partial charge on any atom is -0.756 e. The van der Waals surface area contributed by atoms with E-state index in [1.165, 1.54) is 340 Å². The number of likely N-dealkylation sites (N-methyl/N-ethyl adjacent to an activating group) is 1. The highest BCUT2D eigenvalue weighted by atomic mass is 31.2. The number of carbonyl (C=O) groups excluding carboxylic acids is 2. The van der Waals surface area contributed by atoms with E-state index in [9.17, 15) is 19.0 Å². The molecular weight excluding hydrogens is 1230 g/mol. The lowest BCUT2D eigenvalue weighted by Gasteiger charge is -2.28. The Morgan fingerprint density at radius 1 is 0.327 bits per heavy atom. The third-order valence-corrected chi connectivity index (χ3v) is 20.5. The summed E-state index contributed by atoms with van der Waals surface area (Å²) in [5.41, 5.74) is 0. The molecule has 576 valence electrons. The standard InChI is InChI=1S/C88H166NO8P/c1-6-8-10-12-14-16-18-20-22-24-26-28-30-32-34-36-38-40-41-42-43-44-45-46-47-49-51-53-55-57-59-61-63-65-67-69-71-73-75-77-79-81-88(91)97-86(85-96-98(92,93)95-83-82-89(3,4)5)84-94-87(90)80-78-76-74-72-70-68-66-64-62-60-58-56-54-52-50-48-39-37-35-33-31-29-27-25-23-21-19-17-15-13-11-9-7-2/h8,10,14,16,20,22,26,28,32,34,86H,6-7,9,11-13,15,17-19,21,23-25,27,29-31,33,35-85H2,1-5H3/b10-8-,16-14-,22-20-,28-26-,34-32-. The topological polar surface area (TPSA) is 111 Å². The number of hydrogen-bond donors (Lipinski definition) is 0. The summed E-state index contributed by atoms with van der Waals surface area (Å²) in [6.07, 6.45) is 107. The molecule has 0 spiro atoms. The molecule has 2 atom stereocenters. The Morgan fingerprint density at radius 2 is 0.582 bits per heavy atom. The zero-order chi connectivity index (χ0) is 71.1. The Morgan fingerprint density at radius 3 is 0.867 bits per heavy atom. The first-order chi connectivity index (χ1) is 48.0. The molecule has 10 heteroatoms. The number of quaternary nitrogens is 1. The van der Waals surface area contributed by atoms with Crippen molar-refractivity contribution in [2.75, 3.05) is 47.5 Å². The molecule has 0 saturated heterocycles. The van der Waals surface area contributed by atoms with E-state index in [2.05, 4.69) is 74.6 Å². The van der Waals surface area contributed by atoms with E-state index in [1.54, 1.807) is 0 Å². The lowest BCUT2D eigenvalue weighted by Crippen LogP contribution is -2.37. The molecule has 0 rings (SSSR count). The molecule has 0 aliphatic rings. The Labute approximate surface area is 610 Å². The van der Waals surface area contributed by atoms with E-state index in [4.69, 9.17) is 18.5 Å². The summed E-state index contributed by atoms with van der Waals surface area (Å²) in [4.78, 5) is 38.2. The van der Waals surface area contributed by atoms with E-state index >= 15 is 0 Å². The van der Waals surface area contributed by atoms with Gasteiger partial charge in [0.15, 0.2) is 6.10 Å². The van der Waals surface area contributed by atoms with Crippen LogP contribution >= 0.6 is 7.82 Å². The molecule has 0 aliphatic heterocycles. The maximum absolute atomic E-state index is 12.9. The van der Waals surface area contributed by atoms with Gasteiger partial charge >= 0.3 is 11.9 Å². The van der Waals surface area contributed by atoms with Crippen molar-refractivity contribution >= 4 is 19.8 Å². The molecule has 98 heavy (non-hydrogen) atoms. The summed E-state index contributed by atoms with van der Waals surface area (Å²) in [6.45, 7) is 4.21. The highest BCUT2D eigenvalue weighted by Crippen LogP contribution is 2.38. The normalized spacial score (nSPS) is 13.2. The van der Waals surface area contributed by atoms with E-state index in [-0.39, 0.29) is 32.0 Å². The van der Waals surface area contributed by atoms with Crippen LogP contribution in [0.15, 0.2) is 60.8 Å². The maximum Gasteiger partial charge on any atom is 0.306 e. The lowest BCUT2D eigenvalue weighted by atomic mass is 10.0. The highest BCUT2D eigenvalue weighted by Gasteiger charge is 2.22. The molecular formula is C88H166NO8P. The van der Waals surface area contributed by atoms with Crippen LogP contribution in [-0.2, 0) is 32.7 Å². The second-order valence-electron chi connectivity index (χ2n) is 30.5. The summed E-state index contributed by atoms with van der Waals surface area (Å²) >= 11 is 0. The predicted octanol–water partition coefficient (Wildman–Crippen LogP) is 28.2. The molecule has 0 aromatic carbocycles. The van der Waals surface area contributed by atoms with Crippen LogP contribution in [0.4, 0.5) is 0 Å². The van der Waals surface area contributed by atoms with Crippen molar-refractivity contribution in [2.24, 2.45) is 0 Å². The van der Waals surface area contributed by atoms with Gasteiger partial charge in [-0.1, -0.05) is 428 Å². The number of allylic oxidation sites excluding steroid dienone is 10. The second kappa shape index (κ2) is 78.8. The molecule has 9 nitrogen and oxygen atoms in total. The van der Waals surface area contributed by atoms with Crippen LogP contribution in [0, 0.1) is 0 Å². The van der Waals surface area contributed by atoms with Crippen molar-refractivity contribution in [3.8, 4) is 0 Å². The van der Waals surface area contributed by atoms with Crippen molar-refractivity contribution in [1.82, 2.24) is 0 Å². The third kappa shape index (κ3) is 82.7. The molecule has 0 aliphatic carbocycles. The van der Waals surface area contributed by atoms with Crippen LogP contribution < -0.4 is 4.89 Å². The maximum atomic E-state index is 12.9. The lowest BCUT2D eigenvalue weighted by molar-refractivity contribution is -0.870. The SMILES string of the molecule is CC/C=C\C/C=C\C/C=C\C/C=C\C/C=C\CCCCCCCCCCCCCCCCCCCCCCCCCCCC(=O)OC(COC(=O)CCCCCCCCCCCCCCCCCCCCCCCCCCCCCCCCCCC)COP(=O)([O-])OCC[N+](C)(C)C. The average Bonchev–Trinajstić information content (AvgIpc) is 1.08. The molecule has 0 heterocycles. The van der Waals surface area contributed by atoms with Crippen molar-refractivity contribution in [3.05, 3.63) is 60.8 Å². The van der Waals surface area contributed by atoms with Crippen molar-refractivity contribution in [2.45, 2.75) is 444 Å². The fourth-order valence-electron chi connectivity index (χ4n) is 13.0. The van der Waals surface area contributed by atoms with Crippen LogP contribution in [0.1, 0.15) is 438 Å². The molecule has 0 radical (unpaired) electrons. The van der Waals surface area contributed by atoms with Gasteiger partial charge in [-0.2, -0.15) is 0 Å². The van der Waals surface area contributed by atoms with Crippen LogP contribution in [0.2, 0.25) is 0 Å². The van der Waals surface area contributed by atoms with Gasteiger partial charge in [-0.15, -0.1) is 0 Å². The van der Waals surface area contributed by atoms with Crippen LogP contribution in [-0.4, -0.2) is 70.0 Å². The van der Waals surface area contributed by atoms with Crippen molar-refractivity contribution < 1.29 is 42.1 Å². The average molecular weight is 1400 g/mol. The molecule has 0 bridgehead atoms. The number of esters is 2. The van der Waals surface area contributed by atoms with Crippen LogP contribution in [0.25, 0.3) is 0 Å². The summed E-state index contributed by atoms with van der Waals surface area (Å²) in [7, 11) is 1.19. The molecule has 0 aromatic heterocycles. The first-order valence-corrected chi connectivity index (χ1v) is 44.5. The molecule has 0 fully saturated rings. The molecule has 0 aromatic rings. The zero-order valence-corrected chi connectivity index (χ0v) is 66.9. The number of nitrogens with zero attached hydrogens (tertiary/aromatic N) is 1. The largest absolute Gasteiger partial charge is 0.756 e. The summed E-state index contributed by atoms with van der Waals surface area (Å²) in [6, 6.07) is 0. The van der Waals surface area contributed by atoms with Crippen LogP contribution in [0.5, 0.6) is 0 Å². The number of phosphoric ester groups is 1. The van der Waals surface area contributed by atoms with Gasteiger partial charge in [0, 0.05) is 12.8 Å². The zero-order valence-electron chi connectivity index (χ0n) is 66.0. The van der Waals surface area contributed by atoms with Gasteiger partial charge in [-0.05, 0) is 57.8 Å². The van der Waals surface area contributed by atoms with Gasteiger partial charge in [0.2, 0.25) is 0 Å². The molecule has 0 saturated carbocycles. The van der Waals surface area contributed by atoms with E-state index < -0.39 is 26.5 Å². The first kappa shape index (κ1) is 95.7. The summed E-state index contributed by atoms with van der Waals surface area (Å²) in [5, 5.41) is 0. The minimum atomic E-state index is -4.64. The van der Waals surface area contributed by atoms with E-state index in [0.717, 1.165) is 64.2 Å². The van der Waals surface area contributed by atoms with Gasteiger partial charge in [0.05, 0.1) is 27.7 Å². The molecule has 2 unspecified atom stereocenters. The predicted molar refractivity (Wildman–Crippen MR) is 425 cm³/mol. The van der Waals surface area contributed by atoms with Crippen molar-refractivity contribution in [3.63, 3.8) is 0 Å². The number of ether oxygens (including phenoxy) is 2. The molecule has 0 N–H and O–H groups in total. The van der Waals surface area contributed by atoms with Gasteiger partial charge in [0.1, 0.15) is 19.8 Å². The number of phosphoric acid groups is 1.